The molecule has 0 aliphatic carbocycles. The lowest BCUT2D eigenvalue weighted by atomic mass is 10.1. The molecule has 116 valence electrons. The number of nitrogens with two attached hydrogens (primary N) is 1. The SMILES string of the molecule is NC(=O)n1ccc(Cc2ccc(OC3CCOCC3)nc2)n1. The number of hydrogen-bond acceptors (Lipinski definition) is 5. The van der Waals surface area contributed by atoms with Gasteiger partial charge in [0.05, 0.1) is 18.9 Å². The zero-order chi connectivity index (χ0) is 15.4. The second kappa shape index (κ2) is 6.57. The van der Waals surface area contributed by atoms with Crippen LogP contribution in [0.25, 0.3) is 0 Å². The van der Waals surface area contributed by atoms with E-state index in [1.807, 2.05) is 12.1 Å². The van der Waals surface area contributed by atoms with Gasteiger partial charge in [0.2, 0.25) is 5.88 Å². The molecule has 3 rings (SSSR count). The summed E-state index contributed by atoms with van der Waals surface area (Å²) in [4.78, 5) is 15.3. The molecule has 7 nitrogen and oxygen atoms in total. The summed E-state index contributed by atoms with van der Waals surface area (Å²) in [6.07, 6.45) is 5.87. The monoisotopic (exact) mass is 302 g/mol. The molecule has 0 saturated carbocycles. The molecule has 1 aliphatic rings. The number of carbonyl (C=O) groups excluding carboxylic acids is 1. The average molecular weight is 302 g/mol. The standard InChI is InChI=1S/C15H18N4O3/c16-15(20)19-6-3-12(18-19)9-11-1-2-14(17-10-11)22-13-4-7-21-8-5-13/h1-3,6,10,13H,4-5,7-9H2,(H2,16,20). The van der Waals surface area contributed by atoms with E-state index in [0.29, 0.717) is 12.3 Å². The van der Waals surface area contributed by atoms with Crippen LogP contribution in [0.4, 0.5) is 4.79 Å². The van der Waals surface area contributed by atoms with E-state index in [9.17, 15) is 4.79 Å². The number of pyridine rings is 1. The van der Waals surface area contributed by atoms with Gasteiger partial charge in [0.15, 0.2) is 0 Å². The van der Waals surface area contributed by atoms with Crippen LogP contribution in [0.1, 0.15) is 24.1 Å². The maximum atomic E-state index is 11.0. The molecular formula is C15H18N4O3. The van der Waals surface area contributed by atoms with Crippen molar-refractivity contribution in [1.82, 2.24) is 14.8 Å². The Kier molecular flexibility index (Phi) is 4.34. The van der Waals surface area contributed by atoms with E-state index >= 15 is 0 Å². The maximum absolute atomic E-state index is 11.0. The maximum Gasteiger partial charge on any atom is 0.339 e. The minimum atomic E-state index is -0.593. The molecular weight excluding hydrogens is 284 g/mol. The van der Waals surface area contributed by atoms with E-state index in [2.05, 4.69) is 10.1 Å². The van der Waals surface area contributed by atoms with Crippen LogP contribution in [0.5, 0.6) is 5.88 Å². The first-order chi connectivity index (χ1) is 10.7. The van der Waals surface area contributed by atoms with E-state index in [0.717, 1.165) is 42.0 Å². The average Bonchev–Trinajstić information content (AvgIpc) is 2.99. The van der Waals surface area contributed by atoms with Crippen LogP contribution in [-0.4, -0.2) is 40.1 Å². The lowest BCUT2D eigenvalue weighted by molar-refractivity contribution is 0.0237. The first-order valence-corrected chi connectivity index (χ1v) is 7.24. The summed E-state index contributed by atoms with van der Waals surface area (Å²) in [6.45, 7) is 1.48. The molecule has 2 aromatic rings. The summed E-state index contributed by atoms with van der Waals surface area (Å²) in [5, 5.41) is 4.09. The molecule has 3 heterocycles. The van der Waals surface area contributed by atoms with E-state index in [1.54, 1.807) is 18.5 Å². The first kappa shape index (κ1) is 14.5. The highest BCUT2D eigenvalue weighted by Crippen LogP contribution is 2.16. The van der Waals surface area contributed by atoms with Gasteiger partial charge in [-0.1, -0.05) is 6.07 Å². The quantitative estimate of drug-likeness (QED) is 0.920. The molecule has 1 fully saturated rings. The molecule has 2 aromatic heterocycles. The van der Waals surface area contributed by atoms with E-state index in [1.165, 1.54) is 0 Å². The Morgan fingerprint density at radius 3 is 2.82 bits per heavy atom. The number of primary amides is 1. The zero-order valence-corrected chi connectivity index (χ0v) is 12.1. The minimum Gasteiger partial charge on any atom is -0.474 e. The highest BCUT2D eigenvalue weighted by Gasteiger charge is 2.15. The predicted molar refractivity (Wildman–Crippen MR) is 78.7 cm³/mol. The lowest BCUT2D eigenvalue weighted by Crippen LogP contribution is -2.26. The molecule has 22 heavy (non-hydrogen) atoms. The van der Waals surface area contributed by atoms with Gasteiger partial charge in [-0.2, -0.15) is 9.78 Å². The molecule has 1 saturated heterocycles. The Balaban J connectivity index is 1.59. The van der Waals surface area contributed by atoms with Crippen molar-refractivity contribution in [2.75, 3.05) is 13.2 Å². The van der Waals surface area contributed by atoms with Gasteiger partial charge < -0.3 is 15.2 Å². The van der Waals surface area contributed by atoms with Crippen molar-refractivity contribution in [2.24, 2.45) is 5.73 Å². The fraction of sp³-hybridized carbons (Fsp3) is 0.400. The first-order valence-electron chi connectivity index (χ1n) is 7.24. The van der Waals surface area contributed by atoms with Gasteiger partial charge in [0, 0.05) is 37.7 Å². The van der Waals surface area contributed by atoms with Crippen molar-refractivity contribution in [3.63, 3.8) is 0 Å². The van der Waals surface area contributed by atoms with E-state index in [-0.39, 0.29) is 6.10 Å². The molecule has 2 N–H and O–H groups in total. The van der Waals surface area contributed by atoms with Crippen molar-refractivity contribution >= 4 is 6.03 Å². The van der Waals surface area contributed by atoms with Gasteiger partial charge in [-0.15, -0.1) is 0 Å². The lowest BCUT2D eigenvalue weighted by Gasteiger charge is -2.22. The number of carbonyl (C=O) groups is 1. The Labute approximate surface area is 128 Å². The van der Waals surface area contributed by atoms with Crippen molar-refractivity contribution in [2.45, 2.75) is 25.4 Å². The Morgan fingerprint density at radius 1 is 1.36 bits per heavy atom. The molecule has 0 atom stereocenters. The topological polar surface area (TPSA) is 92.3 Å². The third-order valence-electron chi connectivity index (χ3n) is 3.51. The molecule has 0 aromatic carbocycles. The van der Waals surface area contributed by atoms with Gasteiger partial charge in [-0.25, -0.2) is 9.78 Å². The molecule has 0 radical (unpaired) electrons. The van der Waals surface area contributed by atoms with Gasteiger partial charge in [0.1, 0.15) is 6.10 Å². The highest BCUT2D eigenvalue weighted by molar-refractivity contribution is 5.73. The Morgan fingerprint density at radius 2 is 2.18 bits per heavy atom. The molecule has 1 amide bonds. The minimum absolute atomic E-state index is 0.179. The fourth-order valence-corrected chi connectivity index (χ4v) is 2.34. The largest absolute Gasteiger partial charge is 0.474 e. The van der Waals surface area contributed by atoms with Gasteiger partial charge in [-0.3, -0.25) is 0 Å². The van der Waals surface area contributed by atoms with Crippen LogP contribution in [0.15, 0.2) is 30.6 Å². The van der Waals surface area contributed by atoms with Gasteiger partial charge in [0.25, 0.3) is 0 Å². The van der Waals surface area contributed by atoms with Gasteiger partial charge in [-0.05, 0) is 11.6 Å². The molecule has 0 unspecified atom stereocenters. The number of hydrogen-bond donors (Lipinski definition) is 1. The zero-order valence-electron chi connectivity index (χ0n) is 12.1. The van der Waals surface area contributed by atoms with Crippen LogP contribution < -0.4 is 10.5 Å². The molecule has 0 bridgehead atoms. The number of aromatic nitrogens is 3. The summed E-state index contributed by atoms with van der Waals surface area (Å²) in [7, 11) is 0. The summed E-state index contributed by atoms with van der Waals surface area (Å²) in [5.74, 6) is 0.623. The Bertz CT molecular complexity index is 632. The number of rotatable bonds is 4. The summed E-state index contributed by atoms with van der Waals surface area (Å²) in [6, 6.07) is 4.97. The predicted octanol–water partition coefficient (Wildman–Crippen LogP) is 1.35. The van der Waals surface area contributed by atoms with Crippen LogP contribution >= 0.6 is 0 Å². The van der Waals surface area contributed by atoms with Crippen LogP contribution in [0, 0.1) is 0 Å². The third kappa shape index (κ3) is 3.62. The molecule has 7 heteroatoms. The third-order valence-corrected chi connectivity index (χ3v) is 3.51. The molecule has 1 aliphatic heterocycles. The summed E-state index contributed by atoms with van der Waals surface area (Å²) in [5.41, 5.74) is 6.91. The van der Waals surface area contributed by atoms with Gasteiger partial charge >= 0.3 is 6.03 Å². The highest BCUT2D eigenvalue weighted by atomic mass is 16.5. The van der Waals surface area contributed by atoms with Crippen LogP contribution in [-0.2, 0) is 11.2 Å². The van der Waals surface area contributed by atoms with Crippen molar-refractivity contribution in [1.29, 1.82) is 0 Å². The van der Waals surface area contributed by atoms with E-state index < -0.39 is 6.03 Å². The van der Waals surface area contributed by atoms with Crippen LogP contribution in [0.2, 0.25) is 0 Å². The Hall–Kier alpha value is -2.41. The normalized spacial score (nSPS) is 15.6. The number of amides is 1. The second-order valence-corrected chi connectivity index (χ2v) is 5.20. The summed E-state index contributed by atoms with van der Waals surface area (Å²) >= 11 is 0. The number of ether oxygens (including phenoxy) is 2. The fourth-order valence-electron chi connectivity index (χ4n) is 2.34. The van der Waals surface area contributed by atoms with Crippen LogP contribution in [0.3, 0.4) is 0 Å². The summed E-state index contributed by atoms with van der Waals surface area (Å²) < 4.78 is 12.2. The second-order valence-electron chi connectivity index (χ2n) is 5.20. The van der Waals surface area contributed by atoms with E-state index in [4.69, 9.17) is 15.2 Å². The van der Waals surface area contributed by atoms with Crippen molar-refractivity contribution < 1.29 is 14.3 Å². The molecule has 0 spiro atoms. The van der Waals surface area contributed by atoms with Crippen molar-refractivity contribution in [3.05, 3.63) is 41.9 Å². The smallest absolute Gasteiger partial charge is 0.339 e. The van der Waals surface area contributed by atoms with Crippen molar-refractivity contribution in [3.8, 4) is 5.88 Å². The number of nitrogens with zero attached hydrogens (tertiary/aromatic N) is 3.